The number of fused-ring (bicyclic) bond motifs is 1. The van der Waals surface area contributed by atoms with Crippen LogP contribution in [-0.2, 0) is 4.74 Å². The van der Waals surface area contributed by atoms with Crippen molar-refractivity contribution in [2.75, 3.05) is 19.7 Å². The number of benzene rings is 2. The van der Waals surface area contributed by atoms with Gasteiger partial charge in [0.25, 0.3) is 5.91 Å². The predicted octanol–water partition coefficient (Wildman–Crippen LogP) is 5.63. The summed E-state index contributed by atoms with van der Waals surface area (Å²) in [6.07, 6.45) is 3.75. The van der Waals surface area contributed by atoms with Crippen LogP contribution in [0.1, 0.15) is 41.4 Å². The lowest BCUT2D eigenvalue weighted by Crippen LogP contribution is -2.37. The summed E-state index contributed by atoms with van der Waals surface area (Å²) in [7, 11) is 0. The number of hydrogen-bond acceptors (Lipinski definition) is 4. The third kappa shape index (κ3) is 4.36. The van der Waals surface area contributed by atoms with Gasteiger partial charge in [0.1, 0.15) is 23.2 Å². The van der Waals surface area contributed by atoms with E-state index in [0.29, 0.717) is 52.4 Å². The van der Waals surface area contributed by atoms with E-state index in [1.165, 1.54) is 6.07 Å². The van der Waals surface area contributed by atoms with Crippen LogP contribution in [-0.4, -0.2) is 46.0 Å². The molecule has 4 aromatic rings. The Morgan fingerprint density at radius 1 is 1.19 bits per heavy atom. The molecule has 0 N–H and O–H groups in total. The maximum Gasteiger partial charge on any atom is 0.254 e. The molecule has 2 aromatic carbocycles. The standard InChI is InChI=1S/C29H27FN4O2/c1-3-33(18-21-7-6-14-36-21)29(35)20-12-13-34-26(17-31)28(32-27(34)16-20)24-9-5-4-8-22(24)23-11-10-19(2)15-25(23)30/h4-5,8-13,15-16,21H,3,6-7,14,18H2,1-2H3. The Labute approximate surface area is 209 Å². The Morgan fingerprint density at radius 2 is 2.00 bits per heavy atom. The maximum atomic E-state index is 14.9. The topological polar surface area (TPSA) is 70.6 Å². The third-order valence-electron chi connectivity index (χ3n) is 6.69. The molecule has 5 rings (SSSR count). The number of aromatic nitrogens is 2. The highest BCUT2D eigenvalue weighted by Crippen LogP contribution is 2.35. The van der Waals surface area contributed by atoms with E-state index in [1.54, 1.807) is 33.7 Å². The van der Waals surface area contributed by atoms with Gasteiger partial charge < -0.3 is 9.64 Å². The average molecular weight is 483 g/mol. The first-order valence-corrected chi connectivity index (χ1v) is 12.2. The fourth-order valence-electron chi connectivity index (χ4n) is 4.81. The largest absolute Gasteiger partial charge is 0.376 e. The van der Waals surface area contributed by atoms with Crippen molar-refractivity contribution in [3.8, 4) is 28.5 Å². The van der Waals surface area contributed by atoms with Crippen molar-refractivity contribution in [1.82, 2.24) is 14.3 Å². The molecule has 7 heteroatoms. The number of pyridine rings is 1. The molecule has 1 saturated heterocycles. The molecule has 2 aromatic heterocycles. The summed E-state index contributed by atoms with van der Waals surface area (Å²) >= 11 is 0. The maximum absolute atomic E-state index is 14.9. The Morgan fingerprint density at radius 3 is 2.69 bits per heavy atom. The summed E-state index contributed by atoms with van der Waals surface area (Å²) in [5, 5.41) is 10.0. The smallest absolute Gasteiger partial charge is 0.254 e. The summed E-state index contributed by atoms with van der Waals surface area (Å²) < 4.78 is 22.3. The Hall–Kier alpha value is -4.02. The van der Waals surface area contributed by atoms with E-state index in [0.717, 1.165) is 25.0 Å². The number of nitriles is 1. The van der Waals surface area contributed by atoms with Crippen LogP contribution in [0.3, 0.4) is 0 Å². The number of aryl methyl sites for hydroxylation is 1. The number of amides is 1. The second kappa shape index (κ2) is 9.92. The van der Waals surface area contributed by atoms with E-state index in [-0.39, 0.29) is 17.8 Å². The van der Waals surface area contributed by atoms with Crippen molar-refractivity contribution >= 4 is 11.6 Å². The molecule has 1 aliphatic rings. The van der Waals surface area contributed by atoms with Gasteiger partial charge in [-0.1, -0.05) is 36.4 Å². The quantitative estimate of drug-likeness (QED) is 0.357. The van der Waals surface area contributed by atoms with Crippen LogP contribution in [0.25, 0.3) is 28.0 Å². The van der Waals surface area contributed by atoms with Crippen LogP contribution in [0, 0.1) is 24.1 Å². The second-order valence-electron chi connectivity index (χ2n) is 9.07. The van der Waals surface area contributed by atoms with Gasteiger partial charge in [0.2, 0.25) is 0 Å². The summed E-state index contributed by atoms with van der Waals surface area (Å²) in [5.74, 6) is -0.427. The van der Waals surface area contributed by atoms with E-state index in [2.05, 4.69) is 6.07 Å². The van der Waals surface area contributed by atoms with E-state index >= 15 is 0 Å². The van der Waals surface area contributed by atoms with Crippen molar-refractivity contribution in [2.24, 2.45) is 0 Å². The zero-order valence-electron chi connectivity index (χ0n) is 20.4. The van der Waals surface area contributed by atoms with Crippen molar-refractivity contribution in [3.05, 3.63) is 83.4 Å². The fourth-order valence-corrected chi connectivity index (χ4v) is 4.81. The molecule has 0 saturated carbocycles. The Bertz CT molecular complexity index is 1480. The number of hydrogen-bond donors (Lipinski definition) is 0. The molecule has 1 aliphatic heterocycles. The highest BCUT2D eigenvalue weighted by atomic mass is 19.1. The molecule has 0 aliphatic carbocycles. The van der Waals surface area contributed by atoms with Gasteiger partial charge >= 0.3 is 0 Å². The minimum Gasteiger partial charge on any atom is -0.376 e. The molecule has 182 valence electrons. The van der Waals surface area contributed by atoms with Gasteiger partial charge in [-0.15, -0.1) is 0 Å². The van der Waals surface area contributed by atoms with E-state index in [1.807, 2.05) is 44.2 Å². The van der Waals surface area contributed by atoms with E-state index < -0.39 is 0 Å². The van der Waals surface area contributed by atoms with Crippen LogP contribution in [0.5, 0.6) is 0 Å². The second-order valence-corrected chi connectivity index (χ2v) is 9.07. The minimum atomic E-state index is -0.330. The van der Waals surface area contributed by atoms with Crippen molar-refractivity contribution < 1.29 is 13.9 Å². The SMILES string of the molecule is CCN(CC1CCCO1)C(=O)c1ccn2c(C#N)c(-c3ccccc3-c3ccc(C)cc3F)nc2c1. The van der Waals surface area contributed by atoms with Gasteiger partial charge in [0.15, 0.2) is 5.69 Å². The Kier molecular flexibility index (Phi) is 6.53. The molecule has 36 heavy (non-hydrogen) atoms. The molecule has 0 radical (unpaired) electrons. The van der Waals surface area contributed by atoms with Gasteiger partial charge in [-0.05, 0) is 56.0 Å². The van der Waals surface area contributed by atoms with E-state index in [4.69, 9.17) is 9.72 Å². The molecular formula is C29H27FN4O2. The van der Waals surface area contributed by atoms with Gasteiger partial charge in [0, 0.05) is 42.6 Å². The lowest BCUT2D eigenvalue weighted by Gasteiger charge is -2.24. The van der Waals surface area contributed by atoms with Gasteiger partial charge in [-0.2, -0.15) is 5.26 Å². The molecule has 1 fully saturated rings. The third-order valence-corrected chi connectivity index (χ3v) is 6.69. The highest BCUT2D eigenvalue weighted by Gasteiger charge is 2.24. The molecule has 1 unspecified atom stereocenters. The first-order chi connectivity index (χ1) is 17.5. The van der Waals surface area contributed by atoms with Crippen LogP contribution in [0.15, 0.2) is 60.8 Å². The van der Waals surface area contributed by atoms with Crippen molar-refractivity contribution in [2.45, 2.75) is 32.8 Å². The number of halogens is 1. The number of carbonyl (C=O) groups excluding carboxylic acids is 1. The number of carbonyl (C=O) groups is 1. The van der Waals surface area contributed by atoms with Crippen molar-refractivity contribution in [3.63, 3.8) is 0 Å². The average Bonchev–Trinajstić information content (AvgIpc) is 3.54. The minimum absolute atomic E-state index is 0.0690. The number of likely N-dealkylation sites (N-methyl/N-ethyl adjacent to an activating group) is 1. The van der Waals surface area contributed by atoms with Gasteiger partial charge in [-0.25, -0.2) is 9.37 Å². The molecule has 6 nitrogen and oxygen atoms in total. The highest BCUT2D eigenvalue weighted by molar-refractivity contribution is 5.95. The monoisotopic (exact) mass is 482 g/mol. The fraction of sp³-hybridized carbons (Fsp3) is 0.276. The normalized spacial score (nSPS) is 15.2. The van der Waals surface area contributed by atoms with Crippen LogP contribution < -0.4 is 0 Å². The number of ether oxygens (including phenoxy) is 1. The summed E-state index contributed by atoms with van der Waals surface area (Å²) in [6, 6.07) is 18.1. The first-order valence-electron chi connectivity index (χ1n) is 12.2. The molecule has 0 spiro atoms. The van der Waals surface area contributed by atoms with E-state index in [9.17, 15) is 14.4 Å². The molecule has 1 amide bonds. The van der Waals surface area contributed by atoms with Gasteiger partial charge in [-0.3, -0.25) is 9.20 Å². The first kappa shape index (κ1) is 23.7. The molecule has 1 atom stereocenters. The molecular weight excluding hydrogens is 455 g/mol. The molecule has 3 heterocycles. The lowest BCUT2D eigenvalue weighted by atomic mass is 9.96. The molecule has 0 bridgehead atoms. The summed E-state index contributed by atoms with van der Waals surface area (Å²) in [6.45, 7) is 5.66. The number of imidazole rings is 1. The van der Waals surface area contributed by atoms with Gasteiger partial charge in [0.05, 0.1) is 6.10 Å². The summed E-state index contributed by atoms with van der Waals surface area (Å²) in [5.41, 5.74) is 4.35. The zero-order chi connectivity index (χ0) is 25.2. The predicted molar refractivity (Wildman–Crippen MR) is 136 cm³/mol. The number of nitrogens with zero attached hydrogens (tertiary/aromatic N) is 4. The Balaban J connectivity index is 1.56. The van der Waals surface area contributed by atoms with Crippen molar-refractivity contribution in [1.29, 1.82) is 5.26 Å². The zero-order valence-corrected chi connectivity index (χ0v) is 20.4. The van der Waals surface area contributed by atoms with Crippen LogP contribution >= 0.6 is 0 Å². The van der Waals surface area contributed by atoms with Crippen LogP contribution in [0.2, 0.25) is 0 Å². The number of rotatable bonds is 6. The lowest BCUT2D eigenvalue weighted by molar-refractivity contribution is 0.0539. The van der Waals surface area contributed by atoms with Crippen LogP contribution in [0.4, 0.5) is 4.39 Å². The summed E-state index contributed by atoms with van der Waals surface area (Å²) in [4.78, 5) is 19.8.